The summed E-state index contributed by atoms with van der Waals surface area (Å²) in [4.78, 5) is 0. The van der Waals surface area contributed by atoms with E-state index in [2.05, 4.69) is 29.5 Å². The fourth-order valence-corrected chi connectivity index (χ4v) is 0.215. The molecule has 0 bridgehead atoms. The van der Waals surface area contributed by atoms with Crippen molar-refractivity contribution in [3.05, 3.63) is 0 Å². The van der Waals surface area contributed by atoms with Crippen LogP contribution in [-0.2, 0) is 0 Å². The van der Waals surface area contributed by atoms with Crippen LogP contribution in [-0.4, -0.2) is 23.9 Å². The van der Waals surface area contributed by atoms with Gasteiger partial charge in [-0.2, -0.15) is 5.10 Å². The van der Waals surface area contributed by atoms with Crippen molar-refractivity contribution in [1.29, 1.82) is 0 Å². The second-order valence-electron chi connectivity index (χ2n) is 1.11. The first kappa shape index (κ1) is 7.32. The number of nitrogens with one attached hydrogen (secondary N) is 1. The lowest BCUT2D eigenvalue weighted by molar-refractivity contribution is 0.537. The van der Waals surface area contributed by atoms with E-state index >= 15 is 0 Å². The highest BCUT2D eigenvalue weighted by atomic mass is 32.1. The van der Waals surface area contributed by atoms with E-state index in [0.717, 1.165) is 0 Å². The molecule has 0 aliphatic rings. The summed E-state index contributed by atoms with van der Waals surface area (Å²) in [6.45, 7) is 3.22. The van der Waals surface area contributed by atoms with Crippen LogP contribution in [0.3, 0.4) is 0 Å². The molecule has 0 aromatic heterocycles. The minimum atomic E-state index is 0.347. The summed E-state index contributed by atoms with van der Waals surface area (Å²) in [7, 11) is 1.65. The van der Waals surface area contributed by atoms with Crippen molar-refractivity contribution >= 4 is 24.0 Å². The highest BCUT2D eigenvalue weighted by molar-refractivity contribution is 7.80. The number of hydrogen-bond acceptors (Lipinski definition) is 3. The topological polar surface area (TPSA) is 53.6 Å². The molecule has 0 fully saturated rings. The number of hydrazone groups is 1. The minimum Gasteiger partial charge on any atom is -0.299 e. The molecule has 0 spiro atoms. The van der Waals surface area contributed by atoms with Gasteiger partial charge >= 0.3 is 0 Å². The monoisotopic (exact) mass is 132 g/mol. The summed E-state index contributed by atoms with van der Waals surface area (Å²) in [5.41, 5.74) is 2.24. The SMILES string of the molecule is C=NN(C)C(=S)NN. The molecule has 0 atom stereocenters. The van der Waals surface area contributed by atoms with Crippen molar-refractivity contribution < 1.29 is 0 Å². The van der Waals surface area contributed by atoms with E-state index in [-0.39, 0.29) is 0 Å². The predicted octanol–water partition coefficient (Wildman–Crippen LogP) is -0.718. The molecule has 4 nitrogen and oxygen atoms in total. The largest absolute Gasteiger partial charge is 0.299 e. The predicted molar refractivity (Wildman–Crippen MR) is 37.2 cm³/mol. The van der Waals surface area contributed by atoms with Crippen LogP contribution in [0, 0.1) is 0 Å². The molecule has 0 saturated carbocycles. The van der Waals surface area contributed by atoms with Crippen LogP contribution >= 0.6 is 12.2 Å². The lowest BCUT2D eigenvalue weighted by atomic mass is 11.0. The maximum atomic E-state index is 4.93. The van der Waals surface area contributed by atoms with Crippen molar-refractivity contribution in [2.75, 3.05) is 7.05 Å². The summed E-state index contributed by atoms with van der Waals surface area (Å²) in [5.74, 6) is 4.93. The molecule has 0 aromatic rings. The molecule has 0 amide bonds. The van der Waals surface area contributed by atoms with Crippen molar-refractivity contribution in [2.45, 2.75) is 0 Å². The van der Waals surface area contributed by atoms with E-state index in [1.54, 1.807) is 7.05 Å². The second kappa shape index (κ2) is 3.34. The lowest BCUT2D eigenvalue weighted by Gasteiger charge is -2.10. The quantitative estimate of drug-likeness (QED) is 0.214. The zero-order valence-corrected chi connectivity index (χ0v) is 5.40. The maximum absolute atomic E-state index is 4.93. The average Bonchev–Trinajstić information content (AvgIpc) is 1.84. The van der Waals surface area contributed by atoms with E-state index in [9.17, 15) is 0 Å². The van der Waals surface area contributed by atoms with E-state index in [1.807, 2.05) is 0 Å². The van der Waals surface area contributed by atoms with Crippen LogP contribution in [0.2, 0.25) is 0 Å². The summed E-state index contributed by atoms with van der Waals surface area (Å²) < 4.78 is 0. The van der Waals surface area contributed by atoms with Gasteiger partial charge in [0.05, 0.1) is 0 Å². The molecule has 8 heavy (non-hydrogen) atoms. The van der Waals surface area contributed by atoms with Crippen molar-refractivity contribution in [3.63, 3.8) is 0 Å². The summed E-state index contributed by atoms with van der Waals surface area (Å²) >= 11 is 4.63. The molecule has 0 aromatic carbocycles. The lowest BCUT2D eigenvalue weighted by Crippen LogP contribution is -2.38. The minimum absolute atomic E-state index is 0.347. The molecule has 0 unspecified atom stereocenters. The summed E-state index contributed by atoms with van der Waals surface area (Å²) in [6, 6.07) is 0. The van der Waals surface area contributed by atoms with Gasteiger partial charge in [-0.1, -0.05) is 0 Å². The Bertz CT molecular complexity index is 101. The third kappa shape index (κ3) is 1.85. The smallest absolute Gasteiger partial charge is 0.203 e. The molecule has 0 saturated heterocycles. The van der Waals surface area contributed by atoms with E-state index < -0.39 is 0 Å². The van der Waals surface area contributed by atoms with Crippen LogP contribution in [0.25, 0.3) is 0 Å². The van der Waals surface area contributed by atoms with Gasteiger partial charge in [0, 0.05) is 13.8 Å². The molecular formula is C3H8N4S. The van der Waals surface area contributed by atoms with Gasteiger partial charge in [0.15, 0.2) is 0 Å². The third-order valence-electron chi connectivity index (χ3n) is 0.630. The zero-order chi connectivity index (χ0) is 6.57. The third-order valence-corrected chi connectivity index (χ3v) is 1.01. The van der Waals surface area contributed by atoms with Gasteiger partial charge in [-0.15, -0.1) is 0 Å². The second-order valence-corrected chi connectivity index (χ2v) is 1.50. The van der Waals surface area contributed by atoms with Gasteiger partial charge in [0.25, 0.3) is 0 Å². The van der Waals surface area contributed by atoms with Crippen molar-refractivity contribution in [3.8, 4) is 0 Å². The fraction of sp³-hybridized carbons (Fsp3) is 0.333. The average molecular weight is 132 g/mol. The molecular weight excluding hydrogens is 124 g/mol. The van der Waals surface area contributed by atoms with E-state index in [4.69, 9.17) is 5.84 Å². The Labute approximate surface area is 53.3 Å². The molecule has 0 rings (SSSR count). The molecule has 0 aliphatic carbocycles. The van der Waals surface area contributed by atoms with Gasteiger partial charge < -0.3 is 0 Å². The van der Waals surface area contributed by atoms with Crippen LogP contribution < -0.4 is 11.3 Å². The van der Waals surface area contributed by atoms with Crippen LogP contribution in [0.5, 0.6) is 0 Å². The first-order valence-corrected chi connectivity index (χ1v) is 2.34. The Morgan fingerprint density at radius 1 is 2.00 bits per heavy atom. The molecule has 46 valence electrons. The highest BCUT2D eigenvalue weighted by Gasteiger charge is 1.93. The number of nitrogens with zero attached hydrogens (tertiary/aromatic N) is 2. The van der Waals surface area contributed by atoms with Gasteiger partial charge in [-0.25, -0.2) is 10.9 Å². The van der Waals surface area contributed by atoms with Gasteiger partial charge in [-0.05, 0) is 12.2 Å². The highest BCUT2D eigenvalue weighted by Crippen LogP contribution is 1.79. The Morgan fingerprint density at radius 3 is 2.62 bits per heavy atom. The van der Waals surface area contributed by atoms with Crippen LogP contribution in [0.4, 0.5) is 0 Å². The van der Waals surface area contributed by atoms with Gasteiger partial charge in [-0.3, -0.25) is 5.43 Å². The molecule has 0 radical (unpaired) electrons. The van der Waals surface area contributed by atoms with Crippen LogP contribution in [0.15, 0.2) is 5.10 Å². The normalized spacial score (nSPS) is 7.75. The number of rotatable bonds is 1. The molecule has 0 heterocycles. The number of nitrogens with two attached hydrogens (primary N) is 1. The molecule has 3 N–H and O–H groups in total. The molecule has 0 aliphatic heterocycles. The maximum Gasteiger partial charge on any atom is 0.203 e. The Morgan fingerprint density at radius 2 is 2.50 bits per heavy atom. The summed E-state index contributed by atoms with van der Waals surface area (Å²) in [6.07, 6.45) is 0. The Kier molecular flexibility index (Phi) is 3.05. The zero-order valence-electron chi connectivity index (χ0n) is 4.59. The number of thiocarbonyl (C=S) groups is 1. The number of hydrazine groups is 1. The standard InChI is InChI=1S/C3H8N4S/c1-5-7(2)3(8)6-4/h1,4H2,2H3,(H,6,8). The van der Waals surface area contributed by atoms with Crippen molar-refractivity contribution in [1.82, 2.24) is 10.4 Å². The van der Waals surface area contributed by atoms with Crippen LogP contribution in [0.1, 0.15) is 0 Å². The Balaban J connectivity index is 3.62. The first-order valence-electron chi connectivity index (χ1n) is 1.93. The van der Waals surface area contributed by atoms with Crippen molar-refractivity contribution in [2.24, 2.45) is 10.9 Å². The van der Waals surface area contributed by atoms with E-state index in [0.29, 0.717) is 5.11 Å². The first-order chi connectivity index (χ1) is 3.72. The number of hydrogen-bond donors (Lipinski definition) is 2. The summed E-state index contributed by atoms with van der Waals surface area (Å²) in [5, 5.41) is 5.16. The molecule has 5 heteroatoms. The Hall–Kier alpha value is -0.680. The fourth-order valence-electron chi connectivity index (χ4n) is 0.158. The van der Waals surface area contributed by atoms with Gasteiger partial charge in [0.2, 0.25) is 5.11 Å². The van der Waals surface area contributed by atoms with Gasteiger partial charge in [0.1, 0.15) is 0 Å². The van der Waals surface area contributed by atoms with E-state index in [1.165, 1.54) is 5.01 Å².